The van der Waals surface area contributed by atoms with Crippen molar-refractivity contribution in [2.75, 3.05) is 0 Å². The Kier molecular flexibility index (Phi) is 8.47. The lowest BCUT2D eigenvalue weighted by Crippen LogP contribution is -2.05. The van der Waals surface area contributed by atoms with E-state index < -0.39 is 0 Å². The molecule has 0 saturated heterocycles. The molecular formula is C26H31NO2. The molecule has 3 nitrogen and oxygen atoms in total. The number of rotatable bonds is 9. The second-order valence-corrected chi connectivity index (χ2v) is 7.43. The molecule has 0 atom stereocenters. The van der Waals surface area contributed by atoms with Gasteiger partial charge in [0.05, 0.1) is 12.2 Å². The summed E-state index contributed by atoms with van der Waals surface area (Å²) in [6.45, 7) is 14.2. The Hall–Kier alpha value is -3.07. The number of benzene rings is 2. The highest BCUT2D eigenvalue weighted by molar-refractivity contribution is 5.85. The van der Waals surface area contributed by atoms with Crippen LogP contribution in [0.15, 0.2) is 78.0 Å². The van der Waals surface area contributed by atoms with Crippen LogP contribution in [0.3, 0.4) is 0 Å². The first-order valence-electron chi connectivity index (χ1n) is 9.94. The Morgan fingerprint density at radius 1 is 0.862 bits per heavy atom. The fraction of sp³-hybridized carbons (Fsp3) is 0.269. The molecule has 3 heteroatoms. The number of allylic oxidation sites excluding steroid dienone is 3. The van der Waals surface area contributed by atoms with Gasteiger partial charge < -0.3 is 9.47 Å². The van der Waals surface area contributed by atoms with E-state index in [0.29, 0.717) is 0 Å². The van der Waals surface area contributed by atoms with Crippen molar-refractivity contribution in [1.82, 2.24) is 0 Å². The molecule has 0 unspecified atom stereocenters. The van der Waals surface area contributed by atoms with Crippen LogP contribution >= 0.6 is 0 Å². The van der Waals surface area contributed by atoms with E-state index in [1.807, 2.05) is 102 Å². The number of hydrogen-bond donors (Lipinski definition) is 0. The second-order valence-electron chi connectivity index (χ2n) is 7.43. The highest BCUT2D eigenvalue weighted by atomic mass is 16.5. The van der Waals surface area contributed by atoms with Crippen LogP contribution in [-0.2, 0) is 0 Å². The molecule has 0 saturated carbocycles. The Bertz CT molecular complexity index is 870. The van der Waals surface area contributed by atoms with Gasteiger partial charge in [-0.05, 0) is 87.2 Å². The van der Waals surface area contributed by atoms with Gasteiger partial charge in [-0.15, -0.1) is 0 Å². The maximum Gasteiger partial charge on any atom is 0.119 e. The maximum absolute atomic E-state index is 5.67. The molecule has 2 rings (SSSR count). The standard InChI is InChI=1S/C26H31NO2/c1-19(2)28-25-11-7-23(8-12-25)15-16-27-18-21(5)17-22(6)24-9-13-26(14-10-24)29-20(3)4/h7-20H,6H2,1-5H3/b16-15+,21-17-,27-18+. The summed E-state index contributed by atoms with van der Waals surface area (Å²) in [5.74, 6) is 1.74. The Labute approximate surface area is 175 Å². The van der Waals surface area contributed by atoms with Gasteiger partial charge in [0, 0.05) is 12.4 Å². The highest BCUT2D eigenvalue weighted by Gasteiger charge is 2.00. The summed E-state index contributed by atoms with van der Waals surface area (Å²) in [5, 5.41) is 0. The van der Waals surface area contributed by atoms with Crippen molar-refractivity contribution < 1.29 is 9.47 Å². The van der Waals surface area contributed by atoms with Gasteiger partial charge in [-0.25, -0.2) is 0 Å². The quantitative estimate of drug-likeness (QED) is 0.343. The molecular weight excluding hydrogens is 358 g/mol. The molecule has 152 valence electrons. The zero-order valence-electron chi connectivity index (χ0n) is 18.1. The molecule has 0 N–H and O–H groups in total. The second kappa shape index (κ2) is 11.1. The zero-order chi connectivity index (χ0) is 21.2. The van der Waals surface area contributed by atoms with Crippen LogP contribution in [-0.4, -0.2) is 18.4 Å². The van der Waals surface area contributed by atoms with Crippen molar-refractivity contribution in [3.05, 3.63) is 84.1 Å². The fourth-order valence-electron chi connectivity index (χ4n) is 2.63. The molecule has 29 heavy (non-hydrogen) atoms. The molecule has 0 fully saturated rings. The third kappa shape index (κ3) is 8.22. The van der Waals surface area contributed by atoms with Gasteiger partial charge in [-0.1, -0.05) is 36.9 Å². The van der Waals surface area contributed by atoms with Crippen LogP contribution in [0.25, 0.3) is 11.6 Å². The van der Waals surface area contributed by atoms with Gasteiger partial charge in [0.1, 0.15) is 11.5 Å². The first-order chi connectivity index (χ1) is 13.8. The van der Waals surface area contributed by atoms with Crippen molar-refractivity contribution in [2.24, 2.45) is 4.99 Å². The van der Waals surface area contributed by atoms with E-state index in [1.54, 1.807) is 6.20 Å². The minimum atomic E-state index is 0.168. The lowest BCUT2D eigenvalue weighted by Gasteiger charge is -2.10. The third-order valence-electron chi connectivity index (χ3n) is 3.88. The summed E-state index contributed by atoms with van der Waals surface area (Å²) in [7, 11) is 0. The maximum atomic E-state index is 5.67. The number of nitrogens with zero attached hydrogens (tertiary/aromatic N) is 1. The summed E-state index contributed by atoms with van der Waals surface area (Å²) < 4.78 is 11.3. The van der Waals surface area contributed by atoms with E-state index in [-0.39, 0.29) is 12.2 Å². The van der Waals surface area contributed by atoms with E-state index >= 15 is 0 Å². The Balaban J connectivity index is 1.91. The number of ether oxygens (including phenoxy) is 2. The molecule has 0 heterocycles. The SMILES string of the molecule is C=C(\C=C(C)/C=N/C=C/c1ccc(OC(C)C)cc1)c1ccc(OC(C)C)cc1. The van der Waals surface area contributed by atoms with E-state index in [2.05, 4.69) is 11.6 Å². The summed E-state index contributed by atoms with van der Waals surface area (Å²) in [6.07, 6.45) is 7.95. The summed E-state index contributed by atoms with van der Waals surface area (Å²) in [4.78, 5) is 4.36. The Morgan fingerprint density at radius 2 is 1.38 bits per heavy atom. The van der Waals surface area contributed by atoms with Crippen LogP contribution < -0.4 is 9.47 Å². The Morgan fingerprint density at radius 3 is 1.90 bits per heavy atom. The van der Waals surface area contributed by atoms with Crippen LogP contribution in [0.4, 0.5) is 0 Å². The van der Waals surface area contributed by atoms with Gasteiger partial charge in [0.25, 0.3) is 0 Å². The molecule has 0 bridgehead atoms. The highest BCUT2D eigenvalue weighted by Crippen LogP contribution is 2.20. The molecule has 0 amide bonds. The van der Waals surface area contributed by atoms with Gasteiger partial charge in [0.15, 0.2) is 0 Å². The van der Waals surface area contributed by atoms with Crippen molar-refractivity contribution in [3.63, 3.8) is 0 Å². The zero-order valence-corrected chi connectivity index (χ0v) is 18.1. The predicted molar refractivity (Wildman–Crippen MR) is 125 cm³/mol. The van der Waals surface area contributed by atoms with Crippen molar-refractivity contribution in [1.29, 1.82) is 0 Å². The lowest BCUT2D eigenvalue weighted by atomic mass is 10.1. The van der Waals surface area contributed by atoms with E-state index in [0.717, 1.165) is 33.8 Å². The van der Waals surface area contributed by atoms with Crippen molar-refractivity contribution in [2.45, 2.75) is 46.8 Å². The van der Waals surface area contributed by atoms with Gasteiger partial charge in [-0.3, -0.25) is 4.99 Å². The average molecular weight is 390 g/mol. The lowest BCUT2D eigenvalue weighted by molar-refractivity contribution is 0.242. The van der Waals surface area contributed by atoms with E-state index in [4.69, 9.17) is 9.47 Å². The smallest absolute Gasteiger partial charge is 0.119 e. The largest absolute Gasteiger partial charge is 0.491 e. The first-order valence-corrected chi connectivity index (χ1v) is 9.94. The van der Waals surface area contributed by atoms with E-state index in [9.17, 15) is 0 Å². The minimum absolute atomic E-state index is 0.168. The number of aliphatic imine (C=N–C) groups is 1. The molecule has 0 aliphatic rings. The topological polar surface area (TPSA) is 30.8 Å². The summed E-state index contributed by atoms with van der Waals surface area (Å²) in [5.41, 5.74) is 4.11. The van der Waals surface area contributed by atoms with Crippen molar-refractivity contribution >= 4 is 17.9 Å². The molecule has 0 aliphatic heterocycles. The summed E-state index contributed by atoms with van der Waals surface area (Å²) in [6, 6.07) is 15.9. The van der Waals surface area contributed by atoms with Crippen LogP contribution in [0.1, 0.15) is 45.7 Å². The molecule has 0 spiro atoms. The summed E-state index contributed by atoms with van der Waals surface area (Å²) >= 11 is 0. The first kappa shape index (κ1) is 22.2. The van der Waals surface area contributed by atoms with Gasteiger partial charge >= 0.3 is 0 Å². The molecule has 0 aliphatic carbocycles. The van der Waals surface area contributed by atoms with Crippen LogP contribution in [0.2, 0.25) is 0 Å². The van der Waals surface area contributed by atoms with E-state index in [1.165, 1.54) is 0 Å². The minimum Gasteiger partial charge on any atom is -0.491 e. The molecule has 0 aromatic heterocycles. The molecule has 2 aromatic rings. The van der Waals surface area contributed by atoms with Gasteiger partial charge in [0.2, 0.25) is 0 Å². The van der Waals surface area contributed by atoms with Crippen LogP contribution in [0, 0.1) is 0 Å². The molecule has 2 aromatic carbocycles. The van der Waals surface area contributed by atoms with Crippen molar-refractivity contribution in [3.8, 4) is 11.5 Å². The van der Waals surface area contributed by atoms with Crippen LogP contribution in [0.5, 0.6) is 11.5 Å². The monoisotopic (exact) mass is 389 g/mol. The van der Waals surface area contributed by atoms with Gasteiger partial charge in [-0.2, -0.15) is 0 Å². The normalized spacial score (nSPS) is 12.3. The predicted octanol–water partition coefficient (Wildman–Crippen LogP) is 6.96. The average Bonchev–Trinajstić information content (AvgIpc) is 2.66. The molecule has 0 radical (unpaired) electrons. The fourth-order valence-corrected chi connectivity index (χ4v) is 2.63. The third-order valence-corrected chi connectivity index (χ3v) is 3.88. The number of hydrogen-bond acceptors (Lipinski definition) is 3.